The highest BCUT2D eigenvalue weighted by atomic mass is 16.5. The summed E-state index contributed by atoms with van der Waals surface area (Å²) in [5.74, 6) is 0.935. The molecule has 0 bridgehead atoms. The van der Waals surface area contributed by atoms with Gasteiger partial charge < -0.3 is 4.74 Å². The molecule has 1 heterocycles. The minimum absolute atomic E-state index is 0.362. The highest BCUT2D eigenvalue weighted by molar-refractivity contribution is 5.84. The van der Waals surface area contributed by atoms with Crippen molar-refractivity contribution in [3.05, 3.63) is 65.7 Å². The number of rotatable bonds is 6. The summed E-state index contributed by atoms with van der Waals surface area (Å²) in [6, 6.07) is 18.5. The van der Waals surface area contributed by atoms with Gasteiger partial charge in [-0.05, 0) is 61.0 Å². The maximum atomic E-state index is 12.0. The minimum Gasteiger partial charge on any atom is -0.449 e. The van der Waals surface area contributed by atoms with E-state index < -0.39 is 0 Å². The van der Waals surface area contributed by atoms with Gasteiger partial charge in [0.15, 0.2) is 0 Å². The second kappa shape index (κ2) is 9.56. The first-order chi connectivity index (χ1) is 13.1. The van der Waals surface area contributed by atoms with Crippen molar-refractivity contribution in [1.29, 1.82) is 0 Å². The Morgan fingerprint density at radius 1 is 1.07 bits per heavy atom. The zero-order valence-electron chi connectivity index (χ0n) is 16.4. The number of nitrogens with one attached hydrogen (secondary N) is 1. The number of carbonyl (C=O) groups excluding carboxylic acids is 1. The van der Waals surface area contributed by atoms with Gasteiger partial charge in [-0.25, -0.2) is 4.79 Å². The van der Waals surface area contributed by atoms with Gasteiger partial charge in [0.25, 0.3) is 0 Å². The summed E-state index contributed by atoms with van der Waals surface area (Å²) < 4.78 is 5.45. The number of anilines is 1. The molecule has 2 aromatic rings. The normalized spacial score (nSPS) is 15.7. The van der Waals surface area contributed by atoms with E-state index in [4.69, 9.17) is 4.74 Å². The molecule has 144 valence electrons. The Labute approximate surface area is 162 Å². The van der Waals surface area contributed by atoms with Gasteiger partial charge >= 0.3 is 6.09 Å². The first-order valence-corrected chi connectivity index (χ1v) is 9.90. The highest BCUT2D eigenvalue weighted by Gasteiger charge is 2.20. The Balaban J connectivity index is 1.36. The molecule has 0 spiro atoms. The summed E-state index contributed by atoms with van der Waals surface area (Å²) in [5, 5.41) is 2.82. The molecule has 1 aliphatic rings. The SMILES string of the molecule is CC(C)c1ccc(NC(=O)OCC2CCN(Cc3ccccc3)CC2)cc1. The summed E-state index contributed by atoms with van der Waals surface area (Å²) in [6.07, 6.45) is 1.78. The lowest BCUT2D eigenvalue weighted by Crippen LogP contribution is -2.35. The molecule has 2 aromatic carbocycles. The van der Waals surface area contributed by atoms with Crippen molar-refractivity contribution >= 4 is 11.8 Å². The lowest BCUT2D eigenvalue weighted by atomic mass is 9.97. The van der Waals surface area contributed by atoms with Crippen LogP contribution in [0, 0.1) is 5.92 Å². The van der Waals surface area contributed by atoms with E-state index in [2.05, 4.69) is 54.4 Å². The molecule has 1 N–H and O–H groups in total. The van der Waals surface area contributed by atoms with Crippen LogP contribution in [0.4, 0.5) is 10.5 Å². The van der Waals surface area contributed by atoms with Crippen molar-refractivity contribution < 1.29 is 9.53 Å². The molecule has 0 aromatic heterocycles. The number of amides is 1. The predicted molar refractivity (Wildman–Crippen MR) is 110 cm³/mol. The van der Waals surface area contributed by atoms with E-state index in [-0.39, 0.29) is 6.09 Å². The quantitative estimate of drug-likeness (QED) is 0.757. The van der Waals surface area contributed by atoms with Crippen molar-refractivity contribution in [3.8, 4) is 0 Å². The number of benzene rings is 2. The maximum absolute atomic E-state index is 12.0. The van der Waals surface area contributed by atoms with Gasteiger partial charge in [0.2, 0.25) is 0 Å². The number of nitrogens with zero attached hydrogens (tertiary/aromatic N) is 1. The Bertz CT molecular complexity index is 705. The van der Waals surface area contributed by atoms with Crippen LogP contribution in [0.2, 0.25) is 0 Å². The smallest absolute Gasteiger partial charge is 0.411 e. The van der Waals surface area contributed by atoms with Crippen LogP contribution in [0.15, 0.2) is 54.6 Å². The van der Waals surface area contributed by atoms with Crippen molar-refractivity contribution in [1.82, 2.24) is 4.90 Å². The molecule has 0 unspecified atom stereocenters. The number of carbonyl (C=O) groups is 1. The molecule has 0 saturated carbocycles. The van der Waals surface area contributed by atoms with Gasteiger partial charge in [-0.3, -0.25) is 10.2 Å². The van der Waals surface area contributed by atoms with Gasteiger partial charge in [0.05, 0.1) is 6.61 Å². The molecule has 0 radical (unpaired) electrons. The Morgan fingerprint density at radius 2 is 1.74 bits per heavy atom. The molecular formula is C23H30N2O2. The van der Waals surface area contributed by atoms with Gasteiger partial charge in [0, 0.05) is 12.2 Å². The van der Waals surface area contributed by atoms with E-state index >= 15 is 0 Å². The molecule has 0 atom stereocenters. The third kappa shape index (κ3) is 6.10. The number of piperidine rings is 1. The predicted octanol–water partition coefficient (Wildman–Crippen LogP) is 5.27. The summed E-state index contributed by atoms with van der Waals surface area (Å²) in [7, 11) is 0. The van der Waals surface area contributed by atoms with Crippen LogP contribution in [0.3, 0.4) is 0 Å². The van der Waals surface area contributed by atoms with Gasteiger partial charge in [-0.1, -0.05) is 56.3 Å². The fraction of sp³-hybridized carbons (Fsp3) is 0.435. The van der Waals surface area contributed by atoms with Crippen molar-refractivity contribution in [2.24, 2.45) is 5.92 Å². The molecule has 1 aliphatic heterocycles. The number of hydrogen-bond donors (Lipinski definition) is 1. The fourth-order valence-corrected chi connectivity index (χ4v) is 3.45. The topological polar surface area (TPSA) is 41.6 Å². The molecular weight excluding hydrogens is 336 g/mol. The lowest BCUT2D eigenvalue weighted by molar-refractivity contribution is 0.103. The summed E-state index contributed by atoms with van der Waals surface area (Å²) in [5.41, 5.74) is 3.40. The second-order valence-electron chi connectivity index (χ2n) is 7.71. The van der Waals surface area contributed by atoms with Gasteiger partial charge in [-0.15, -0.1) is 0 Å². The first-order valence-electron chi connectivity index (χ1n) is 9.90. The molecule has 1 fully saturated rings. The van der Waals surface area contributed by atoms with E-state index in [1.165, 1.54) is 11.1 Å². The first kappa shape index (κ1) is 19.4. The van der Waals surface area contributed by atoms with Crippen molar-refractivity contribution in [3.63, 3.8) is 0 Å². The number of ether oxygens (including phenoxy) is 1. The average molecular weight is 367 g/mol. The monoisotopic (exact) mass is 366 g/mol. The van der Waals surface area contributed by atoms with Crippen LogP contribution in [0.5, 0.6) is 0 Å². The zero-order valence-corrected chi connectivity index (χ0v) is 16.4. The van der Waals surface area contributed by atoms with Gasteiger partial charge in [0.1, 0.15) is 0 Å². The molecule has 4 nitrogen and oxygen atoms in total. The van der Waals surface area contributed by atoms with Crippen LogP contribution in [-0.4, -0.2) is 30.7 Å². The van der Waals surface area contributed by atoms with E-state index in [0.717, 1.165) is 38.2 Å². The average Bonchev–Trinajstić information content (AvgIpc) is 2.69. The van der Waals surface area contributed by atoms with Crippen LogP contribution < -0.4 is 5.32 Å². The Kier molecular flexibility index (Phi) is 6.88. The van der Waals surface area contributed by atoms with E-state index in [0.29, 0.717) is 18.4 Å². The highest BCUT2D eigenvalue weighted by Crippen LogP contribution is 2.20. The van der Waals surface area contributed by atoms with Crippen LogP contribution in [0.25, 0.3) is 0 Å². The molecule has 1 amide bonds. The summed E-state index contributed by atoms with van der Waals surface area (Å²) in [4.78, 5) is 14.5. The van der Waals surface area contributed by atoms with Crippen LogP contribution in [-0.2, 0) is 11.3 Å². The van der Waals surface area contributed by atoms with Crippen molar-refractivity contribution in [2.75, 3.05) is 25.0 Å². The van der Waals surface area contributed by atoms with Crippen LogP contribution in [0.1, 0.15) is 43.7 Å². The van der Waals surface area contributed by atoms with Gasteiger partial charge in [-0.2, -0.15) is 0 Å². The number of likely N-dealkylation sites (tertiary alicyclic amines) is 1. The number of hydrogen-bond acceptors (Lipinski definition) is 3. The summed E-state index contributed by atoms with van der Waals surface area (Å²) in [6.45, 7) is 7.92. The third-order valence-electron chi connectivity index (χ3n) is 5.23. The largest absolute Gasteiger partial charge is 0.449 e. The van der Waals surface area contributed by atoms with E-state index in [1.807, 2.05) is 24.3 Å². The molecule has 0 aliphatic carbocycles. The lowest BCUT2D eigenvalue weighted by Gasteiger charge is -2.31. The standard InChI is InChI=1S/C23H30N2O2/c1-18(2)21-8-10-22(11-9-21)24-23(26)27-17-20-12-14-25(15-13-20)16-19-6-4-3-5-7-19/h3-11,18,20H,12-17H2,1-2H3,(H,24,26). The molecule has 3 rings (SSSR count). The molecule has 1 saturated heterocycles. The Morgan fingerprint density at radius 3 is 2.37 bits per heavy atom. The Hall–Kier alpha value is -2.33. The second-order valence-corrected chi connectivity index (χ2v) is 7.71. The van der Waals surface area contributed by atoms with Crippen LogP contribution >= 0.6 is 0 Å². The third-order valence-corrected chi connectivity index (χ3v) is 5.23. The molecule has 27 heavy (non-hydrogen) atoms. The summed E-state index contributed by atoms with van der Waals surface area (Å²) >= 11 is 0. The minimum atomic E-state index is -0.362. The molecule has 4 heteroatoms. The zero-order chi connectivity index (χ0) is 19.1. The van der Waals surface area contributed by atoms with Crippen molar-refractivity contribution in [2.45, 2.75) is 39.2 Å². The van der Waals surface area contributed by atoms with E-state index in [1.54, 1.807) is 0 Å². The fourth-order valence-electron chi connectivity index (χ4n) is 3.45. The van der Waals surface area contributed by atoms with E-state index in [9.17, 15) is 4.79 Å². The maximum Gasteiger partial charge on any atom is 0.411 e.